The van der Waals surface area contributed by atoms with Gasteiger partial charge in [-0.05, 0) is 18.9 Å². The minimum absolute atomic E-state index is 0.00526. The Hall–Kier alpha value is -2.35. The van der Waals surface area contributed by atoms with Gasteiger partial charge in [-0.1, -0.05) is 48.5 Å². The predicted octanol–water partition coefficient (Wildman–Crippen LogP) is 1.90. The summed E-state index contributed by atoms with van der Waals surface area (Å²) >= 11 is 1.32. The summed E-state index contributed by atoms with van der Waals surface area (Å²) in [6.45, 7) is 4.09. The number of amides is 2. The number of nitrogens with two attached hydrogens (primary N) is 1. The molecule has 0 aliphatic heterocycles. The molecule has 0 aliphatic carbocycles. The molecule has 8 heteroatoms. The van der Waals surface area contributed by atoms with Gasteiger partial charge in [-0.25, -0.2) is 0 Å². The van der Waals surface area contributed by atoms with Crippen LogP contribution in [0.2, 0.25) is 0 Å². The van der Waals surface area contributed by atoms with E-state index in [1.54, 1.807) is 4.57 Å². The van der Waals surface area contributed by atoms with E-state index in [-0.39, 0.29) is 30.0 Å². The van der Waals surface area contributed by atoms with Crippen molar-refractivity contribution in [2.24, 2.45) is 12.8 Å². The average Bonchev–Trinajstić information content (AvgIpc) is 2.97. The molecular formula is C18H25N5O2S. The smallest absolute Gasteiger partial charge is 0.230 e. The van der Waals surface area contributed by atoms with Crippen molar-refractivity contribution in [3.63, 3.8) is 0 Å². The van der Waals surface area contributed by atoms with Crippen LogP contribution >= 0.6 is 11.8 Å². The number of aromatic nitrogens is 3. The lowest BCUT2D eigenvalue weighted by Gasteiger charge is -2.17. The molecule has 140 valence electrons. The lowest BCUT2D eigenvalue weighted by Crippen LogP contribution is -2.29. The highest BCUT2D eigenvalue weighted by Gasteiger charge is 2.15. The van der Waals surface area contributed by atoms with Crippen molar-refractivity contribution in [3.8, 4) is 0 Å². The van der Waals surface area contributed by atoms with E-state index in [2.05, 4.69) is 15.5 Å². The van der Waals surface area contributed by atoms with Gasteiger partial charge in [-0.3, -0.25) is 9.59 Å². The third-order valence-electron chi connectivity index (χ3n) is 4.08. The molecule has 0 radical (unpaired) electrons. The molecule has 0 fully saturated rings. The highest BCUT2D eigenvalue weighted by molar-refractivity contribution is 7.99. The number of hydrogen-bond acceptors (Lipinski definition) is 5. The van der Waals surface area contributed by atoms with Crippen molar-refractivity contribution in [1.29, 1.82) is 0 Å². The molecule has 2 rings (SSSR count). The number of nitrogens with one attached hydrogen (secondary N) is 1. The number of carbonyl (C=O) groups excluding carboxylic acids is 2. The maximum absolute atomic E-state index is 12.3. The van der Waals surface area contributed by atoms with Crippen LogP contribution < -0.4 is 11.1 Å². The minimum atomic E-state index is -0.372. The Morgan fingerprint density at radius 3 is 2.58 bits per heavy atom. The van der Waals surface area contributed by atoms with Crippen molar-refractivity contribution in [1.82, 2.24) is 20.1 Å². The van der Waals surface area contributed by atoms with Gasteiger partial charge in [-0.2, -0.15) is 0 Å². The summed E-state index contributed by atoms with van der Waals surface area (Å²) in [4.78, 5) is 23.2. The lowest BCUT2D eigenvalue weighted by molar-refractivity contribution is -0.119. The van der Waals surface area contributed by atoms with Crippen LogP contribution in [0.5, 0.6) is 0 Å². The molecule has 1 heterocycles. The summed E-state index contributed by atoms with van der Waals surface area (Å²) in [5.41, 5.74) is 7.45. The number of nitrogens with zero attached hydrogens (tertiary/aromatic N) is 3. The number of hydrogen-bond donors (Lipinski definition) is 2. The molecule has 0 bridgehead atoms. The molecule has 2 aromatic rings. The zero-order valence-electron chi connectivity index (χ0n) is 15.4. The van der Waals surface area contributed by atoms with E-state index in [9.17, 15) is 9.59 Å². The normalized spacial score (nSPS) is 12.0. The number of aryl methyl sites for hydroxylation is 2. The van der Waals surface area contributed by atoms with Gasteiger partial charge in [0.25, 0.3) is 0 Å². The maximum Gasteiger partial charge on any atom is 0.230 e. The van der Waals surface area contributed by atoms with E-state index >= 15 is 0 Å². The fourth-order valence-electron chi connectivity index (χ4n) is 2.51. The van der Waals surface area contributed by atoms with Gasteiger partial charge in [0.1, 0.15) is 5.82 Å². The van der Waals surface area contributed by atoms with E-state index in [0.717, 1.165) is 12.0 Å². The van der Waals surface area contributed by atoms with Crippen LogP contribution in [0.25, 0.3) is 0 Å². The van der Waals surface area contributed by atoms with Gasteiger partial charge in [0.15, 0.2) is 5.16 Å². The summed E-state index contributed by atoms with van der Waals surface area (Å²) < 4.78 is 1.79. The first-order valence-electron chi connectivity index (χ1n) is 8.56. The molecule has 0 saturated heterocycles. The molecule has 26 heavy (non-hydrogen) atoms. The molecule has 2 amide bonds. The summed E-state index contributed by atoms with van der Waals surface area (Å²) in [5.74, 6) is 0.509. The third-order valence-corrected chi connectivity index (χ3v) is 5.10. The van der Waals surface area contributed by atoms with E-state index in [4.69, 9.17) is 5.73 Å². The van der Waals surface area contributed by atoms with Crippen LogP contribution in [0, 0.1) is 6.92 Å². The van der Waals surface area contributed by atoms with Gasteiger partial charge in [0.05, 0.1) is 11.8 Å². The number of benzene rings is 1. The van der Waals surface area contributed by atoms with E-state index in [0.29, 0.717) is 17.4 Å². The number of rotatable bonds is 9. The van der Waals surface area contributed by atoms with Crippen molar-refractivity contribution in [2.45, 2.75) is 44.3 Å². The van der Waals surface area contributed by atoms with Crippen molar-refractivity contribution in [3.05, 3.63) is 41.2 Å². The second-order valence-corrected chi connectivity index (χ2v) is 7.09. The molecule has 7 nitrogen and oxygen atoms in total. The van der Waals surface area contributed by atoms with Crippen LogP contribution in [0.4, 0.5) is 0 Å². The average molecular weight is 375 g/mol. The lowest BCUT2D eigenvalue weighted by atomic mass is 10.0. The van der Waals surface area contributed by atoms with Gasteiger partial charge >= 0.3 is 0 Å². The first-order chi connectivity index (χ1) is 12.4. The van der Waals surface area contributed by atoms with Gasteiger partial charge in [-0.15, -0.1) is 10.2 Å². The van der Waals surface area contributed by atoms with Gasteiger partial charge < -0.3 is 15.6 Å². The zero-order chi connectivity index (χ0) is 19.1. The summed E-state index contributed by atoms with van der Waals surface area (Å²) in [6, 6.07) is 8.18. The van der Waals surface area contributed by atoms with Crippen LogP contribution in [0.3, 0.4) is 0 Å². The van der Waals surface area contributed by atoms with E-state index < -0.39 is 0 Å². The highest BCUT2D eigenvalue weighted by Crippen LogP contribution is 2.19. The van der Waals surface area contributed by atoms with Crippen molar-refractivity contribution >= 4 is 23.6 Å². The standard InChI is InChI=1S/C18H25N5O2S/c1-4-14(13-7-5-12(2)6-8-13)20-17(25)11-26-18-22-21-16(23(18)3)10-9-15(19)24/h5-8,14H,4,9-11H2,1-3H3,(H2,19,24)(H,20,25)/t14-/m1/s1. The fourth-order valence-corrected chi connectivity index (χ4v) is 3.25. The highest BCUT2D eigenvalue weighted by atomic mass is 32.2. The quantitative estimate of drug-likeness (QED) is 0.652. The Balaban J connectivity index is 1.89. The molecule has 0 saturated carbocycles. The molecule has 1 aromatic heterocycles. The molecule has 3 N–H and O–H groups in total. The SMILES string of the molecule is CC[C@@H](NC(=O)CSc1nnc(CCC(N)=O)n1C)c1ccc(C)cc1. The predicted molar refractivity (Wildman–Crippen MR) is 102 cm³/mol. The number of primary amides is 1. The summed E-state index contributed by atoms with van der Waals surface area (Å²) in [7, 11) is 1.82. The third kappa shape index (κ3) is 5.59. The second kappa shape index (κ2) is 9.38. The number of thioether (sulfide) groups is 1. The van der Waals surface area contributed by atoms with Crippen LogP contribution in [-0.4, -0.2) is 32.3 Å². The Morgan fingerprint density at radius 2 is 1.96 bits per heavy atom. The molecular weight excluding hydrogens is 350 g/mol. The molecule has 0 unspecified atom stereocenters. The largest absolute Gasteiger partial charge is 0.370 e. The Morgan fingerprint density at radius 1 is 1.27 bits per heavy atom. The van der Waals surface area contributed by atoms with Gasteiger partial charge in [0, 0.05) is 19.9 Å². The monoisotopic (exact) mass is 375 g/mol. The summed E-state index contributed by atoms with van der Waals surface area (Å²) in [6.07, 6.45) is 1.49. The Bertz CT molecular complexity index is 757. The van der Waals surface area contributed by atoms with Crippen molar-refractivity contribution in [2.75, 3.05) is 5.75 Å². The number of carbonyl (C=O) groups is 2. The van der Waals surface area contributed by atoms with Crippen LogP contribution in [0.1, 0.15) is 42.8 Å². The fraction of sp³-hybridized carbons (Fsp3) is 0.444. The van der Waals surface area contributed by atoms with Crippen molar-refractivity contribution < 1.29 is 9.59 Å². The van der Waals surface area contributed by atoms with E-state index in [1.165, 1.54) is 17.3 Å². The van der Waals surface area contributed by atoms with Crippen LogP contribution in [0.15, 0.2) is 29.4 Å². The van der Waals surface area contributed by atoms with E-state index in [1.807, 2.05) is 45.2 Å². The molecule has 1 aromatic carbocycles. The molecule has 0 spiro atoms. The maximum atomic E-state index is 12.3. The first kappa shape index (κ1) is 20.0. The van der Waals surface area contributed by atoms with Gasteiger partial charge in [0.2, 0.25) is 11.8 Å². The summed E-state index contributed by atoms with van der Waals surface area (Å²) in [5, 5.41) is 11.8. The van der Waals surface area contributed by atoms with Crippen LogP contribution in [-0.2, 0) is 23.1 Å². The molecule has 1 atom stereocenters. The Kier molecular flexibility index (Phi) is 7.20. The Labute approximate surface area is 157 Å². The molecule has 0 aliphatic rings. The first-order valence-corrected chi connectivity index (χ1v) is 9.54. The minimum Gasteiger partial charge on any atom is -0.370 e. The zero-order valence-corrected chi connectivity index (χ0v) is 16.2. The topological polar surface area (TPSA) is 103 Å². The second-order valence-electron chi connectivity index (χ2n) is 6.15.